The van der Waals surface area contributed by atoms with Gasteiger partial charge >= 0.3 is 11.9 Å². The molecule has 1 unspecified atom stereocenters. The molecular formula is C24H18FN3O4. The Morgan fingerprint density at radius 1 is 1.12 bits per heavy atom. The van der Waals surface area contributed by atoms with Crippen molar-refractivity contribution in [3.8, 4) is 18.4 Å². The van der Waals surface area contributed by atoms with E-state index in [1.165, 1.54) is 12.1 Å². The Balaban J connectivity index is 2.41. The van der Waals surface area contributed by atoms with Gasteiger partial charge in [0, 0.05) is 0 Å². The Kier molecular flexibility index (Phi) is 6.27. The predicted molar refractivity (Wildman–Crippen MR) is 114 cm³/mol. The monoisotopic (exact) mass is 431 g/mol. The quantitative estimate of drug-likeness (QED) is 0.586. The van der Waals surface area contributed by atoms with Gasteiger partial charge in [0.25, 0.3) is 0 Å². The van der Waals surface area contributed by atoms with Crippen LogP contribution in [-0.4, -0.2) is 26.2 Å². The van der Waals surface area contributed by atoms with E-state index >= 15 is 0 Å². The van der Waals surface area contributed by atoms with Gasteiger partial charge in [-0.15, -0.1) is 6.42 Å². The smallest absolute Gasteiger partial charge is 0.355 e. The molecule has 8 heteroatoms. The number of rotatable bonds is 4. The summed E-state index contributed by atoms with van der Waals surface area (Å²) in [4.78, 5) is 26.9. The lowest BCUT2D eigenvalue weighted by Gasteiger charge is -2.35. The average molecular weight is 431 g/mol. The number of nitrogens with two attached hydrogens (primary N) is 1. The predicted octanol–water partition coefficient (Wildman–Crippen LogP) is 2.70. The lowest BCUT2D eigenvalue weighted by Crippen LogP contribution is -2.40. The van der Waals surface area contributed by atoms with Crippen LogP contribution in [0.5, 0.6) is 0 Å². The molecule has 0 amide bonds. The van der Waals surface area contributed by atoms with E-state index in [2.05, 4.69) is 5.92 Å². The molecular weight excluding hydrogens is 413 g/mol. The van der Waals surface area contributed by atoms with E-state index in [1.54, 1.807) is 30.3 Å². The van der Waals surface area contributed by atoms with Crippen LogP contribution in [0, 0.1) is 29.5 Å². The van der Waals surface area contributed by atoms with Crippen LogP contribution in [0.3, 0.4) is 0 Å². The first-order valence-electron chi connectivity index (χ1n) is 9.31. The molecule has 0 bridgehead atoms. The Bertz CT molecular complexity index is 1240. The zero-order valence-electron chi connectivity index (χ0n) is 17.3. The molecule has 3 rings (SSSR count). The number of methoxy groups -OCH3 is 2. The number of carbonyl (C=O) groups is 2. The maximum Gasteiger partial charge on any atom is 0.355 e. The summed E-state index contributed by atoms with van der Waals surface area (Å²) in [6, 6.07) is 14.4. The van der Waals surface area contributed by atoms with E-state index in [0.717, 1.165) is 25.2 Å². The Labute approximate surface area is 184 Å². The molecule has 0 saturated carbocycles. The summed E-state index contributed by atoms with van der Waals surface area (Å²) in [5.74, 6) is -1.51. The van der Waals surface area contributed by atoms with Gasteiger partial charge in [0.1, 0.15) is 17.3 Å². The van der Waals surface area contributed by atoms with Gasteiger partial charge < -0.3 is 15.2 Å². The molecule has 0 spiro atoms. The lowest BCUT2D eigenvalue weighted by molar-refractivity contribution is -0.139. The minimum Gasteiger partial charge on any atom is -0.466 e. The van der Waals surface area contributed by atoms with E-state index in [1.807, 2.05) is 6.07 Å². The number of esters is 2. The minimum absolute atomic E-state index is 0.00670. The first-order valence-corrected chi connectivity index (χ1v) is 9.31. The highest BCUT2D eigenvalue weighted by Crippen LogP contribution is 2.43. The average Bonchev–Trinajstić information content (AvgIpc) is 2.82. The summed E-state index contributed by atoms with van der Waals surface area (Å²) in [7, 11) is 2.27. The number of allylic oxidation sites excluding steroid dienone is 1. The van der Waals surface area contributed by atoms with Gasteiger partial charge in [0.05, 0.1) is 48.6 Å². The molecule has 160 valence electrons. The zero-order chi connectivity index (χ0) is 23.4. The van der Waals surface area contributed by atoms with Crippen LogP contribution >= 0.6 is 0 Å². The SMILES string of the molecule is C#Cc1ccc(N2C(N)=C(C#N)C(c3ccccc3)C(C(=O)OC)=C2C(=O)OC)cc1F. The Hall–Kier alpha value is -4.56. The molecule has 1 heterocycles. The van der Waals surface area contributed by atoms with Crippen LogP contribution in [0.1, 0.15) is 17.0 Å². The molecule has 1 aliphatic heterocycles. The fraction of sp³-hybridized carbons (Fsp3) is 0.125. The first-order chi connectivity index (χ1) is 15.4. The molecule has 0 aromatic heterocycles. The topological polar surface area (TPSA) is 106 Å². The van der Waals surface area contributed by atoms with E-state index < -0.39 is 23.7 Å². The van der Waals surface area contributed by atoms with E-state index in [4.69, 9.17) is 21.6 Å². The summed E-state index contributed by atoms with van der Waals surface area (Å²) in [5, 5.41) is 9.94. The van der Waals surface area contributed by atoms with Gasteiger partial charge in [-0.25, -0.2) is 14.0 Å². The highest BCUT2D eigenvalue weighted by atomic mass is 19.1. The van der Waals surface area contributed by atoms with Crippen molar-refractivity contribution in [2.75, 3.05) is 19.1 Å². The third-order valence-corrected chi connectivity index (χ3v) is 4.98. The molecule has 1 atom stereocenters. The summed E-state index contributed by atoms with van der Waals surface area (Å²) in [6.07, 6.45) is 5.28. The third kappa shape index (κ3) is 3.66. The van der Waals surface area contributed by atoms with Crippen molar-refractivity contribution in [3.05, 3.63) is 88.1 Å². The number of hydrogen-bond acceptors (Lipinski definition) is 7. The van der Waals surface area contributed by atoms with Gasteiger partial charge in [-0.1, -0.05) is 36.3 Å². The second-order valence-electron chi connectivity index (χ2n) is 6.64. The minimum atomic E-state index is -1.01. The highest BCUT2D eigenvalue weighted by molar-refractivity contribution is 6.06. The summed E-state index contributed by atoms with van der Waals surface area (Å²) >= 11 is 0. The summed E-state index contributed by atoms with van der Waals surface area (Å²) < 4.78 is 24.3. The fourth-order valence-corrected chi connectivity index (χ4v) is 3.54. The molecule has 1 aliphatic rings. The standard InChI is InChI=1S/C24H18FN3O4/c1-4-14-10-11-16(12-18(14)25)28-21(24(30)32-3)20(23(29)31-2)19(17(13-26)22(28)27)15-8-6-5-7-9-15/h1,5-12,19H,27H2,2-3H3. The molecule has 2 aromatic rings. The van der Waals surface area contributed by atoms with Gasteiger partial charge in [-0.05, 0) is 23.8 Å². The van der Waals surface area contributed by atoms with Crippen LogP contribution in [0.2, 0.25) is 0 Å². The number of anilines is 1. The second-order valence-corrected chi connectivity index (χ2v) is 6.64. The number of benzene rings is 2. The van der Waals surface area contributed by atoms with Crippen molar-refractivity contribution in [1.82, 2.24) is 0 Å². The molecule has 2 aromatic carbocycles. The Morgan fingerprint density at radius 2 is 1.78 bits per heavy atom. The number of halogens is 1. The number of nitriles is 1. The fourth-order valence-electron chi connectivity index (χ4n) is 3.54. The van der Waals surface area contributed by atoms with E-state index in [-0.39, 0.29) is 33.9 Å². The van der Waals surface area contributed by atoms with Crippen LogP contribution < -0.4 is 10.6 Å². The molecule has 0 aliphatic carbocycles. The van der Waals surface area contributed by atoms with Crippen LogP contribution in [0.4, 0.5) is 10.1 Å². The number of nitrogens with zero attached hydrogens (tertiary/aromatic N) is 2. The van der Waals surface area contributed by atoms with Gasteiger partial charge in [-0.3, -0.25) is 4.90 Å². The number of carbonyl (C=O) groups excluding carboxylic acids is 2. The van der Waals surface area contributed by atoms with Gasteiger partial charge in [0.2, 0.25) is 0 Å². The van der Waals surface area contributed by atoms with Crippen molar-refractivity contribution in [3.63, 3.8) is 0 Å². The van der Waals surface area contributed by atoms with Crippen molar-refractivity contribution in [1.29, 1.82) is 5.26 Å². The number of ether oxygens (including phenoxy) is 2. The van der Waals surface area contributed by atoms with Crippen LogP contribution in [0.15, 0.2) is 71.2 Å². The third-order valence-electron chi connectivity index (χ3n) is 4.98. The molecule has 0 saturated heterocycles. The second kappa shape index (κ2) is 9.07. The highest BCUT2D eigenvalue weighted by Gasteiger charge is 2.43. The number of hydrogen-bond donors (Lipinski definition) is 1. The van der Waals surface area contributed by atoms with Crippen molar-refractivity contribution in [2.45, 2.75) is 5.92 Å². The van der Waals surface area contributed by atoms with Crippen molar-refractivity contribution in [2.24, 2.45) is 5.73 Å². The maximum atomic E-state index is 14.5. The number of terminal acetylenes is 1. The maximum absolute atomic E-state index is 14.5. The van der Waals surface area contributed by atoms with Crippen LogP contribution in [0.25, 0.3) is 0 Å². The normalized spacial score (nSPS) is 15.7. The van der Waals surface area contributed by atoms with Crippen molar-refractivity contribution < 1.29 is 23.5 Å². The van der Waals surface area contributed by atoms with Crippen molar-refractivity contribution >= 4 is 17.6 Å². The molecule has 0 fully saturated rings. The molecule has 7 nitrogen and oxygen atoms in total. The molecule has 2 N–H and O–H groups in total. The Morgan fingerprint density at radius 3 is 2.31 bits per heavy atom. The van der Waals surface area contributed by atoms with E-state index in [0.29, 0.717) is 5.56 Å². The first kappa shape index (κ1) is 22.1. The molecule has 0 radical (unpaired) electrons. The lowest BCUT2D eigenvalue weighted by atomic mass is 9.81. The summed E-state index contributed by atoms with van der Waals surface area (Å²) in [5.41, 5.74) is 6.43. The van der Waals surface area contributed by atoms with Crippen LogP contribution in [-0.2, 0) is 19.1 Å². The van der Waals surface area contributed by atoms with Gasteiger partial charge in [-0.2, -0.15) is 5.26 Å². The van der Waals surface area contributed by atoms with E-state index in [9.17, 15) is 19.2 Å². The molecule has 32 heavy (non-hydrogen) atoms. The van der Waals surface area contributed by atoms with Gasteiger partial charge in [0.15, 0.2) is 0 Å². The largest absolute Gasteiger partial charge is 0.466 e. The zero-order valence-corrected chi connectivity index (χ0v) is 17.3. The summed E-state index contributed by atoms with van der Waals surface area (Å²) in [6.45, 7) is 0.